The normalized spacial score (nSPS) is 11.7. The summed E-state index contributed by atoms with van der Waals surface area (Å²) in [5.74, 6) is 0. The molecule has 3 nitrogen and oxygen atoms in total. The highest BCUT2D eigenvalue weighted by Crippen LogP contribution is 2.14. The summed E-state index contributed by atoms with van der Waals surface area (Å²) in [6, 6.07) is 6.80. The maximum absolute atomic E-state index is 11.9. The van der Waals surface area contributed by atoms with Crippen molar-refractivity contribution in [3.05, 3.63) is 42.5 Å². The first-order valence-electron chi connectivity index (χ1n) is 4.62. The van der Waals surface area contributed by atoms with Crippen molar-refractivity contribution in [2.24, 2.45) is 0 Å². The lowest BCUT2D eigenvalue weighted by atomic mass is 10.2. The highest BCUT2D eigenvalue weighted by atomic mass is 32.2. The average Bonchev–Trinajstić information content (AvgIpc) is 2.18. The van der Waals surface area contributed by atoms with Gasteiger partial charge in [0, 0.05) is 13.6 Å². The molecule has 0 saturated heterocycles. The van der Waals surface area contributed by atoms with Crippen molar-refractivity contribution in [1.29, 1.82) is 0 Å². The molecule has 0 spiro atoms. The van der Waals surface area contributed by atoms with Crippen molar-refractivity contribution in [2.45, 2.75) is 11.8 Å². The van der Waals surface area contributed by atoms with Crippen LogP contribution in [0.4, 0.5) is 0 Å². The molecule has 0 fully saturated rings. The molecule has 1 aromatic carbocycles. The van der Waals surface area contributed by atoms with E-state index < -0.39 is 10.0 Å². The molecule has 0 heterocycles. The fourth-order valence-electron chi connectivity index (χ4n) is 1.17. The number of nitrogens with zero attached hydrogens (tertiary/aromatic N) is 1. The molecule has 0 bridgehead atoms. The minimum absolute atomic E-state index is 0.316. The summed E-state index contributed by atoms with van der Waals surface area (Å²) in [6.45, 7) is 5.75. The van der Waals surface area contributed by atoms with Crippen molar-refractivity contribution >= 4 is 10.0 Å². The maximum atomic E-state index is 11.9. The van der Waals surface area contributed by atoms with Crippen LogP contribution in [0.5, 0.6) is 0 Å². The van der Waals surface area contributed by atoms with Crippen LogP contribution in [0, 0.1) is 6.92 Å². The number of benzene rings is 1. The summed E-state index contributed by atoms with van der Waals surface area (Å²) < 4.78 is 25.1. The Kier molecular flexibility index (Phi) is 3.66. The van der Waals surface area contributed by atoms with Gasteiger partial charge in [0.25, 0.3) is 0 Å². The Bertz CT molecular complexity index is 434. The summed E-state index contributed by atoms with van der Waals surface area (Å²) in [5, 5.41) is 0. The molecule has 0 aliphatic carbocycles. The molecule has 0 amide bonds. The van der Waals surface area contributed by atoms with Gasteiger partial charge in [-0.25, -0.2) is 8.42 Å². The van der Waals surface area contributed by atoms with Gasteiger partial charge in [-0.3, -0.25) is 0 Å². The minimum Gasteiger partial charge on any atom is -0.207 e. The van der Waals surface area contributed by atoms with Gasteiger partial charge in [-0.05, 0) is 19.1 Å². The molecule has 0 N–H and O–H groups in total. The van der Waals surface area contributed by atoms with Crippen LogP contribution < -0.4 is 0 Å². The van der Waals surface area contributed by atoms with E-state index in [0.29, 0.717) is 11.4 Å². The summed E-state index contributed by atoms with van der Waals surface area (Å²) >= 11 is 0. The zero-order valence-electron chi connectivity index (χ0n) is 8.97. The zero-order chi connectivity index (χ0) is 11.5. The van der Waals surface area contributed by atoms with E-state index in [1.807, 2.05) is 6.92 Å². The first kappa shape index (κ1) is 11.9. The summed E-state index contributed by atoms with van der Waals surface area (Å²) in [5.41, 5.74) is 1.04. The zero-order valence-corrected chi connectivity index (χ0v) is 9.79. The molecule has 0 saturated carbocycles. The van der Waals surface area contributed by atoms with Crippen molar-refractivity contribution in [3.8, 4) is 0 Å². The van der Waals surface area contributed by atoms with E-state index in [4.69, 9.17) is 0 Å². The molecule has 1 aromatic rings. The second kappa shape index (κ2) is 4.59. The van der Waals surface area contributed by atoms with Crippen LogP contribution >= 0.6 is 0 Å². The second-order valence-corrected chi connectivity index (χ2v) is 5.43. The molecule has 15 heavy (non-hydrogen) atoms. The molecule has 0 aromatic heterocycles. The lowest BCUT2D eigenvalue weighted by molar-refractivity contribution is 0.499. The topological polar surface area (TPSA) is 37.4 Å². The van der Waals surface area contributed by atoms with Gasteiger partial charge in [0.1, 0.15) is 0 Å². The predicted octanol–water partition coefficient (Wildman–Crippen LogP) is 1.80. The summed E-state index contributed by atoms with van der Waals surface area (Å²) in [7, 11) is -1.82. The van der Waals surface area contributed by atoms with Gasteiger partial charge < -0.3 is 0 Å². The van der Waals surface area contributed by atoms with Gasteiger partial charge >= 0.3 is 0 Å². The molecule has 0 aliphatic rings. The molecule has 0 atom stereocenters. The minimum atomic E-state index is -3.36. The van der Waals surface area contributed by atoms with Gasteiger partial charge in [-0.2, -0.15) is 4.31 Å². The van der Waals surface area contributed by atoms with Gasteiger partial charge in [-0.1, -0.05) is 23.8 Å². The molecular formula is C11H15NO2S. The number of likely N-dealkylation sites (N-methyl/N-ethyl adjacent to an activating group) is 1. The molecule has 0 unspecified atom stereocenters. The van der Waals surface area contributed by atoms with E-state index in [0.717, 1.165) is 5.56 Å². The fourth-order valence-corrected chi connectivity index (χ4v) is 2.31. The fraction of sp³-hybridized carbons (Fsp3) is 0.273. The molecule has 1 rings (SSSR count). The van der Waals surface area contributed by atoms with Crippen LogP contribution in [0.25, 0.3) is 0 Å². The van der Waals surface area contributed by atoms with Gasteiger partial charge in [0.2, 0.25) is 10.0 Å². The Morgan fingerprint density at radius 2 is 1.87 bits per heavy atom. The number of hydrogen-bond donors (Lipinski definition) is 0. The lowest BCUT2D eigenvalue weighted by Gasteiger charge is -2.14. The Labute approximate surface area is 91.1 Å². The van der Waals surface area contributed by atoms with Crippen molar-refractivity contribution < 1.29 is 8.42 Å². The van der Waals surface area contributed by atoms with Crippen LogP contribution in [0.1, 0.15) is 5.56 Å². The Morgan fingerprint density at radius 1 is 1.33 bits per heavy atom. The summed E-state index contributed by atoms with van der Waals surface area (Å²) in [4.78, 5) is 0.317. The van der Waals surface area contributed by atoms with Crippen molar-refractivity contribution in [2.75, 3.05) is 13.6 Å². The van der Waals surface area contributed by atoms with E-state index in [2.05, 4.69) is 6.58 Å². The smallest absolute Gasteiger partial charge is 0.207 e. The first-order valence-corrected chi connectivity index (χ1v) is 6.06. The third kappa shape index (κ3) is 2.67. The van der Waals surface area contributed by atoms with E-state index in [1.54, 1.807) is 30.3 Å². The third-order valence-electron chi connectivity index (χ3n) is 2.12. The summed E-state index contributed by atoms with van der Waals surface area (Å²) in [6.07, 6.45) is 1.56. The van der Waals surface area contributed by atoms with Gasteiger partial charge in [0.15, 0.2) is 0 Å². The molecule has 0 aliphatic heterocycles. The van der Waals surface area contributed by atoms with Crippen LogP contribution in [0.15, 0.2) is 41.8 Å². The van der Waals surface area contributed by atoms with Crippen LogP contribution in [-0.2, 0) is 10.0 Å². The van der Waals surface area contributed by atoms with Crippen LogP contribution in [0.3, 0.4) is 0 Å². The van der Waals surface area contributed by atoms with Crippen molar-refractivity contribution in [3.63, 3.8) is 0 Å². The SMILES string of the molecule is C=CCN(C)S(=O)(=O)c1ccc(C)cc1. The number of hydrogen-bond acceptors (Lipinski definition) is 2. The van der Waals surface area contributed by atoms with E-state index in [1.165, 1.54) is 11.4 Å². The molecule has 82 valence electrons. The van der Waals surface area contributed by atoms with Gasteiger partial charge in [0.05, 0.1) is 4.90 Å². The van der Waals surface area contributed by atoms with Crippen molar-refractivity contribution in [1.82, 2.24) is 4.31 Å². The van der Waals surface area contributed by atoms with Crippen LogP contribution in [0.2, 0.25) is 0 Å². The quantitative estimate of drug-likeness (QED) is 0.733. The molecular weight excluding hydrogens is 210 g/mol. The Balaban J connectivity index is 3.06. The number of aryl methyl sites for hydroxylation is 1. The number of sulfonamides is 1. The third-order valence-corrected chi connectivity index (χ3v) is 3.95. The highest BCUT2D eigenvalue weighted by molar-refractivity contribution is 7.89. The Morgan fingerprint density at radius 3 is 2.33 bits per heavy atom. The first-order chi connectivity index (χ1) is 6.98. The molecule has 0 radical (unpaired) electrons. The maximum Gasteiger partial charge on any atom is 0.243 e. The molecule has 4 heteroatoms. The van der Waals surface area contributed by atoms with E-state index >= 15 is 0 Å². The second-order valence-electron chi connectivity index (χ2n) is 3.39. The van der Waals surface area contributed by atoms with Crippen LogP contribution in [-0.4, -0.2) is 26.3 Å². The number of rotatable bonds is 4. The average molecular weight is 225 g/mol. The highest BCUT2D eigenvalue weighted by Gasteiger charge is 2.18. The Hall–Kier alpha value is -1.13. The van der Waals surface area contributed by atoms with E-state index in [-0.39, 0.29) is 0 Å². The lowest BCUT2D eigenvalue weighted by Crippen LogP contribution is -2.26. The standard InChI is InChI=1S/C11H15NO2S/c1-4-9-12(3)15(13,14)11-7-5-10(2)6-8-11/h4-8H,1,9H2,2-3H3. The monoisotopic (exact) mass is 225 g/mol. The largest absolute Gasteiger partial charge is 0.243 e. The predicted molar refractivity (Wildman–Crippen MR) is 61.2 cm³/mol. The van der Waals surface area contributed by atoms with Gasteiger partial charge in [-0.15, -0.1) is 6.58 Å². The van der Waals surface area contributed by atoms with E-state index in [9.17, 15) is 8.42 Å².